The molecule has 1 aliphatic rings. The number of nitrogens with one attached hydrogen (secondary N) is 1. The molecule has 2 N–H and O–H groups in total. The van der Waals surface area contributed by atoms with Gasteiger partial charge in [-0.1, -0.05) is 12.1 Å². The lowest BCUT2D eigenvalue weighted by molar-refractivity contribution is 0.0783. The Kier molecular flexibility index (Phi) is 5.01. The van der Waals surface area contributed by atoms with Crippen LogP contribution >= 0.6 is 11.3 Å². The van der Waals surface area contributed by atoms with E-state index in [2.05, 4.69) is 49.3 Å². The Labute approximate surface area is 142 Å². The Balaban J connectivity index is 1.58. The van der Waals surface area contributed by atoms with E-state index in [0.29, 0.717) is 12.6 Å². The summed E-state index contributed by atoms with van der Waals surface area (Å²) in [4.78, 5) is 6.99. The maximum absolute atomic E-state index is 10.4. The molecule has 4 nitrogen and oxygen atoms in total. The number of hydrogen-bond acceptors (Lipinski definition) is 5. The van der Waals surface area contributed by atoms with Crippen molar-refractivity contribution in [1.29, 1.82) is 0 Å². The molecule has 0 unspecified atom stereocenters. The minimum atomic E-state index is -0.308. The molecule has 2 atom stereocenters. The van der Waals surface area contributed by atoms with Crippen molar-refractivity contribution in [1.82, 2.24) is 15.2 Å². The first-order valence-electron chi connectivity index (χ1n) is 8.42. The van der Waals surface area contributed by atoms with Crippen molar-refractivity contribution < 1.29 is 5.11 Å². The van der Waals surface area contributed by atoms with E-state index < -0.39 is 0 Å². The molecule has 0 amide bonds. The van der Waals surface area contributed by atoms with Gasteiger partial charge in [0, 0.05) is 24.5 Å². The van der Waals surface area contributed by atoms with Crippen LogP contribution in [0.1, 0.15) is 31.7 Å². The minimum absolute atomic E-state index is 0.0773. The molecule has 1 aromatic heterocycles. The van der Waals surface area contributed by atoms with Gasteiger partial charge < -0.3 is 15.3 Å². The average molecular weight is 334 g/mol. The number of likely N-dealkylation sites (N-methyl/N-ethyl adjacent to an activating group) is 1. The molecule has 0 spiro atoms. The Morgan fingerprint density at radius 1 is 1.43 bits per heavy atom. The molecular weight excluding hydrogens is 306 g/mol. The highest BCUT2D eigenvalue weighted by Crippen LogP contribution is 2.25. The van der Waals surface area contributed by atoms with E-state index in [-0.39, 0.29) is 11.6 Å². The lowest BCUT2D eigenvalue weighted by atomic mass is 10.00. The zero-order chi connectivity index (χ0) is 16.4. The zero-order valence-corrected chi connectivity index (χ0v) is 15.1. The smallest absolute Gasteiger partial charge is 0.0956 e. The van der Waals surface area contributed by atoms with Gasteiger partial charge in [0.25, 0.3) is 0 Å². The van der Waals surface area contributed by atoms with Crippen molar-refractivity contribution in [2.24, 2.45) is 0 Å². The molecule has 23 heavy (non-hydrogen) atoms. The number of aromatic nitrogens is 1. The van der Waals surface area contributed by atoms with Crippen LogP contribution in [0.2, 0.25) is 0 Å². The van der Waals surface area contributed by atoms with E-state index in [9.17, 15) is 5.11 Å². The van der Waals surface area contributed by atoms with Crippen molar-refractivity contribution >= 4 is 21.6 Å². The fourth-order valence-corrected chi connectivity index (χ4v) is 4.57. The number of β-amino-alcohol motifs (C(OH)–C–C–N with tert-alkyl or cyclic N) is 1. The molecule has 3 rings (SSSR count). The Morgan fingerprint density at radius 2 is 2.22 bits per heavy atom. The van der Waals surface area contributed by atoms with Crippen LogP contribution in [0.4, 0.5) is 0 Å². The van der Waals surface area contributed by atoms with Gasteiger partial charge in [0.05, 0.1) is 21.3 Å². The fourth-order valence-electron chi connectivity index (χ4n) is 3.38. The second-order valence-electron chi connectivity index (χ2n) is 7.27. The average Bonchev–Trinajstić information content (AvgIpc) is 3.09. The summed E-state index contributed by atoms with van der Waals surface area (Å²) in [5, 5.41) is 15.1. The summed E-state index contributed by atoms with van der Waals surface area (Å²) in [6.07, 6.45) is 2.85. The Bertz CT molecular complexity index is 622. The van der Waals surface area contributed by atoms with Gasteiger partial charge >= 0.3 is 0 Å². The second kappa shape index (κ2) is 6.85. The van der Waals surface area contributed by atoms with Crippen LogP contribution in [-0.2, 0) is 6.42 Å². The largest absolute Gasteiger partial charge is 0.390 e. The molecule has 5 heteroatoms. The van der Waals surface area contributed by atoms with Crippen molar-refractivity contribution in [2.45, 2.75) is 50.8 Å². The number of likely N-dealkylation sites (tertiary alicyclic amines) is 1. The van der Waals surface area contributed by atoms with E-state index in [1.54, 1.807) is 11.3 Å². The van der Waals surface area contributed by atoms with Crippen LogP contribution in [0.25, 0.3) is 10.2 Å². The van der Waals surface area contributed by atoms with Gasteiger partial charge in [-0.25, -0.2) is 4.98 Å². The molecule has 126 valence electrons. The highest BCUT2D eigenvalue weighted by atomic mass is 32.1. The van der Waals surface area contributed by atoms with Gasteiger partial charge in [0.1, 0.15) is 0 Å². The quantitative estimate of drug-likeness (QED) is 0.853. The van der Waals surface area contributed by atoms with Crippen molar-refractivity contribution in [3.8, 4) is 0 Å². The monoisotopic (exact) mass is 333 g/mol. The first-order valence-corrected chi connectivity index (χ1v) is 9.24. The summed E-state index contributed by atoms with van der Waals surface area (Å²) < 4.78 is 1.24. The van der Waals surface area contributed by atoms with Crippen molar-refractivity contribution in [3.63, 3.8) is 0 Å². The van der Waals surface area contributed by atoms with Gasteiger partial charge in [-0.3, -0.25) is 0 Å². The molecule has 1 aromatic carbocycles. The molecular formula is C18H27N3OS. The van der Waals surface area contributed by atoms with Gasteiger partial charge in [-0.05, 0) is 52.4 Å². The minimum Gasteiger partial charge on any atom is -0.390 e. The third-order valence-electron chi connectivity index (χ3n) is 4.74. The molecule has 0 saturated carbocycles. The van der Waals surface area contributed by atoms with Gasteiger partial charge in [-0.15, -0.1) is 11.3 Å². The van der Waals surface area contributed by atoms with Gasteiger partial charge in [0.15, 0.2) is 0 Å². The SMILES string of the molecule is CN1CCC[C@@H]1[C@H](O)CNC(C)(C)Cc1nc2ccccc2s1. The van der Waals surface area contributed by atoms with Crippen LogP contribution in [0.15, 0.2) is 24.3 Å². The predicted molar refractivity (Wildman–Crippen MR) is 97.1 cm³/mol. The lowest BCUT2D eigenvalue weighted by Crippen LogP contribution is -2.49. The highest BCUT2D eigenvalue weighted by Gasteiger charge is 2.29. The lowest BCUT2D eigenvalue weighted by Gasteiger charge is -2.30. The summed E-state index contributed by atoms with van der Waals surface area (Å²) in [7, 11) is 2.10. The number of para-hydroxylation sites is 1. The molecule has 2 heterocycles. The summed E-state index contributed by atoms with van der Waals surface area (Å²) in [5.74, 6) is 0. The number of thiazole rings is 1. The first kappa shape index (κ1) is 16.8. The third kappa shape index (κ3) is 4.10. The van der Waals surface area contributed by atoms with Gasteiger partial charge in [-0.2, -0.15) is 0 Å². The number of rotatable bonds is 6. The number of hydrogen-bond donors (Lipinski definition) is 2. The number of nitrogens with zero attached hydrogens (tertiary/aromatic N) is 2. The maximum Gasteiger partial charge on any atom is 0.0956 e. The van der Waals surface area contributed by atoms with E-state index in [1.165, 1.54) is 11.1 Å². The zero-order valence-electron chi connectivity index (χ0n) is 14.2. The van der Waals surface area contributed by atoms with Crippen LogP contribution in [0, 0.1) is 0 Å². The van der Waals surface area contributed by atoms with Gasteiger partial charge in [0.2, 0.25) is 0 Å². The van der Waals surface area contributed by atoms with Crippen molar-refractivity contribution in [2.75, 3.05) is 20.1 Å². The second-order valence-corrected chi connectivity index (χ2v) is 8.39. The predicted octanol–water partition coefficient (Wildman–Crippen LogP) is 2.66. The number of benzene rings is 1. The van der Waals surface area contributed by atoms with Crippen LogP contribution in [0.5, 0.6) is 0 Å². The first-order chi connectivity index (χ1) is 10.9. The van der Waals surface area contributed by atoms with E-state index in [1.807, 2.05) is 6.07 Å². The van der Waals surface area contributed by atoms with E-state index in [4.69, 9.17) is 4.98 Å². The summed E-state index contributed by atoms with van der Waals surface area (Å²) in [6, 6.07) is 8.57. The highest BCUT2D eigenvalue weighted by molar-refractivity contribution is 7.18. The van der Waals surface area contributed by atoms with Crippen LogP contribution in [0.3, 0.4) is 0 Å². The molecule has 1 saturated heterocycles. The summed E-state index contributed by atoms with van der Waals surface area (Å²) in [6.45, 7) is 6.10. The van der Waals surface area contributed by atoms with Crippen LogP contribution in [-0.4, -0.2) is 52.8 Å². The van der Waals surface area contributed by atoms with E-state index >= 15 is 0 Å². The summed E-state index contributed by atoms with van der Waals surface area (Å²) in [5.41, 5.74) is 1.00. The topological polar surface area (TPSA) is 48.4 Å². The Morgan fingerprint density at radius 3 is 2.91 bits per heavy atom. The fraction of sp³-hybridized carbons (Fsp3) is 0.611. The molecule has 0 aliphatic carbocycles. The molecule has 0 radical (unpaired) electrons. The van der Waals surface area contributed by atoms with Crippen LogP contribution < -0.4 is 5.32 Å². The molecule has 1 aliphatic heterocycles. The standard InChI is InChI=1S/C18H27N3OS/c1-18(2,19-12-15(22)14-8-6-10-21(14)3)11-17-20-13-7-4-5-9-16(13)23-17/h4-5,7,9,14-15,19,22H,6,8,10-12H2,1-3H3/t14-,15-/m1/s1. The molecule has 1 fully saturated rings. The Hall–Kier alpha value is -1.01. The third-order valence-corrected chi connectivity index (χ3v) is 5.78. The van der Waals surface area contributed by atoms with E-state index in [0.717, 1.165) is 29.9 Å². The number of aliphatic hydroxyl groups excluding tert-OH is 1. The normalized spacial score (nSPS) is 21.1. The summed E-state index contributed by atoms with van der Waals surface area (Å²) >= 11 is 1.76. The number of aliphatic hydroxyl groups is 1. The maximum atomic E-state index is 10.4. The molecule has 0 bridgehead atoms. The molecule has 2 aromatic rings. The van der Waals surface area contributed by atoms with Crippen molar-refractivity contribution in [3.05, 3.63) is 29.3 Å². The number of fused-ring (bicyclic) bond motifs is 1.